The zero-order chi connectivity index (χ0) is 12.0. The van der Waals surface area contributed by atoms with Crippen LogP contribution in [0, 0.1) is 6.92 Å². The lowest BCUT2D eigenvalue weighted by Crippen LogP contribution is -2.14. The molecule has 90 valence electrons. The Morgan fingerprint density at radius 1 is 1.31 bits per heavy atom. The molecular formula is C13H20ClNO. The van der Waals surface area contributed by atoms with Gasteiger partial charge in [-0.05, 0) is 37.6 Å². The van der Waals surface area contributed by atoms with E-state index in [0.29, 0.717) is 17.3 Å². The molecule has 0 aromatic heterocycles. The molecule has 0 radical (unpaired) electrons. The molecule has 0 unspecified atom stereocenters. The predicted octanol–water partition coefficient (Wildman–Crippen LogP) is 3.63. The molecule has 0 amide bonds. The molecule has 0 aliphatic carbocycles. The molecule has 0 aliphatic rings. The third-order valence-electron chi connectivity index (χ3n) is 2.62. The van der Waals surface area contributed by atoms with E-state index in [-0.39, 0.29) is 0 Å². The van der Waals surface area contributed by atoms with Crippen LogP contribution < -0.4 is 5.32 Å². The van der Waals surface area contributed by atoms with Gasteiger partial charge in [0.15, 0.2) is 0 Å². The first-order chi connectivity index (χ1) is 7.65. The molecule has 2 nitrogen and oxygen atoms in total. The fraction of sp³-hybridized carbons (Fsp3) is 0.538. The lowest BCUT2D eigenvalue weighted by molar-refractivity contribution is 0.459. The van der Waals surface area contributed by atoms with Crippen LogP contribution in [0.15, 0.2) is 12.1 Å². The molecule has 0 fully saturated rings. The largest absolute Gasteiger partial charge is 0.507 e. The fourth-order valence-corrected chi connectivity index (χ4v) is 1.96. The highest BCUT2D eigenvalue weighted by molar-refractivity contribution is 6.30. The lowest BCUT2D eigenvalue weighted by Gasteiger charge is -2.09. The first kappa shape index (κ1) is 13.3. The molecular weight excluding hydrogens is 222 g/mol. The van der Waals surface area contributed by atoms with Crippen molar-refractivity contribution in [2.75, 3.05) is 6.54 Å². The van der Waals surface area contributed by atoms with E-state index < -0.39 is 0 Å². The third-order valence-corrected chi connectivity index (χ3v) is 2.83. The Morgan fingerprint density at radius 3 is 2.75 bits per heavy atom. The quantitative estimate of drug-likeness (QED) is 0.746. The first-order valence-corrected chi connectivity index (χ1v) is 6.21. The number of hydrogen-bond acceptors (Lipinski definition) is 2. The van der Waals surface area contributed by atoms with Gasteiger partial charge < -0.3 is 10.4 Å². The SMILES string of the molecule is CCCCCNCc1cc(Cl)cc(C)c1O. The fourth-order valence-electron chi connectivity index (χ4n) is 1.66. The second-order valence-corrected chi connectivity index (χ2v) is 4.55. The number of aromatic hydroxyl groups is 1. The monoisotopic (exact) mass is 241 g/mol. The topological polar surface area (TPSA) is 32.3 Å². The number of benzene rings is 1. The molecule has 0 bridgehead atoms. The molecule has 3 heteroatoms. The average Bonchev–Trinajstić information content (AvgIpc) is 2.24. The highest BCUT2D eigenvalue weighted by Gasteiger charge is 2.05. The second kappa shape index (κ2) is 6.77. The number of unbranched alkanes of at least 4 members (excludes halogenated alkanes) is 2. The van der Waals surface area contributed by atoms with Crippen molar-refractivity contribution in [2.24, 2.45) is 0 Å². The number of nitrogens with one attached hydrogen (secondary N) is 1. The van der Waals surface area contributed by atoms with Crippen LogP contribution in [-0.4, -0.2) is 11.7 Å². The zero-order valence-electron chi connectivity index (χ0n) is 10.0. The van der Waals surface area contributed by atoms with E-state index in [1.807, 2.05) is 13.0 Å². The van der Waals surface area contributed by atoms with Crippen molar-refractivity contribution in [3.8, 4) is 5.75 Å². The van der Waals surface area contributed by atoms with Crippen molar-refractivity contribution in [1.82, 2.24) is 5.32 Å². The van der Waals surface area contributed by atoms with Crippen molar-refractivity contribution in [3.63, 3.8) is 0 Å². The van der Waals surface area contributed by atoms with Crippen molar-refractivity contribution < 1.29 is 5.11 Å². The van der Waals surface area contributed by atoms with Crippen molar-refractivity contribution >= 4 is 11.6 Å². The van der Waals surface area contributed by atoms with E-state index >= 15 is 0 Å². The third kappa shape index (κ3) is 4.03. The van der Waals surface area contributed by atoms with Crippen molar-refractivity contribution in [3.05, 3.63) is 28.3 Å². The second-order valence-electron chi connectivity index (χ2n) is 4.11. The Kier molecular flexibility index (Phi) is 5.64. The van der Waals surface area contributed by atoms with Crippen molar-refractivity contribution in [2.45, 2.75) is 39.7 Å². The standard InChI is InChI=1S/C13H20ClNO/c1-3-4-5-6-15-9-11-8-12(14)7-10(2)13(11)16/h7-8,15-16H,3-6,9H2,1-2H3. The maximum Gasteiger partial charge on any atom is 0.123 e. The number of halogens is 1. The summed E-state index contributed by atoms with van der Waals surface area (Å²) in [7, 11) is 0. The van der Waals surface area contributed by atoms with Gasteiger partial charge in [0.2, 0.25) is 0 Å². The maximum absolute atomic E-state index is 9.83. The summed E-state index contributed by atoms with van der Waals surface area (Å²) in [6, 6.07) is 3.59. The minimum atomic E-state index is 0.354. The lowest BCUT2D eigenvalue weighted by atomic mass is 10.1. The Hall–Kier alpha value is -0.730. The molecule has 0 aliphatic heterocycles. The van der Waals surface area contributed by atoms with Crippen LogP contribution in [0.1, 0.15) is 37.3 Å². The summed E-state index contributed by atoms with van der Waals surface area (Å²) >= 11 is 5.95. The van der Waals surface area contributed by atoms with E-state index in [4.69, 9.17) is 11.6 Å². The number of rotatable bonds is 6. The van der Waals surface area contributed by atoms with Gasteiger partial charge in [0, 0.05) is 17.1 Å². The van der Waals surface area contributed by atoms with Crippen molar-refractivity contribution in [1.29, 1.82) is 0 Å². The van der Waals surface area contributed by atoms with E-state index in [9.17, 15) is 5.11 Å². The molecule has 0 saturated heterocycles. The molecule has 1 aromatic rings. The van der Waals surface area contributed by atoms with Gasteiger partial charge in [-0.1, -0.05) is 31.4 Å². The van der Waals surface area contributed by atoms with E-state index in [2.05, 4.69) is 12.2 Å². The van der Waals surface area contributed by atoms with Gasteiger partial charge >= 0.3 is 0 Å². The molecule has 1 aromatic carbocycles. The van der Waals surface area contributed by atoms with E-state index in [0.717, 1.165) is 17.7 Å². The van der Waals surface area contributed by atoms with Gasteiger partial charge in [0.1, 0.15) is 5.75 Å². The van der Waals surface area contributed by atoms with Crippen LogP contribution in [0.25, 0.3) is 0 Å². The first-order valence-electron chi connectivity index (χ1n) is 5.84. The summed E-state index contributed by atoms with van der Waals surface area (Å²) < 4.78 is 0. The van der Waals surface area contributed by atoms with Crippen LogP contribution in [0.5, 0.6) is 5.75 Å². The smallest absolute Gasteiger partial charge is 0.123 e. The normalized spacial score (nSPS) is 10.7. The molecule has 1 rings (SSSR count). The predicted molar refractivity (Wildman–Crippen MR) is 69.1 cm³/mol. The van der Waals surface area contributed by atoms with Gasteiger partial charge in [0.05, 0.1) is 0 Å². The molecule has 0 heterocycles. The number of phenolic OH excluding ortho intramolecular Hbond substituents is 1. The number of aryl methyl sites for hydroxylation is 1. The van der Waals surface area contributed by atoms with Gasteiger partial charge in [-0.25, -0.2) is 0 Å². The Balaban J connectivity index is 2.47. The Morgan fingerprint density at radius 2 is 2.06 bits per heavy atom. The van der Waals surface area contributed by atoms with Crippen LogP contribution >= 0.6 is 11.6 Å². The summed E-state index contributed by atoms with van der Waals surface area (Å²) in [5.74, 6) is 0.354. The molecule has 0 atom stereocenters. The van der Waals surface area contributed by atoms with Crippen LogP contribution in [0.3, 0.4) is 0 Å². The van der Waals surface area contributed by atoms with Gasteiger partial charge in [-0.2, -0.15) is 0 Å². The summed E-state index contributed by atoms with van der Waals surface area (Å²) in [4.78, 5) is 0. The number of phenols is 1. The zero-order valence-corrected chi connectivity index (χ0v) is 10.8. The summed E-state index contributed by atoms with van der Waals surface area (Å²) in [6.45, 7) is 5.71. The van der Waals surface area contributed by atoms with Crippen LogP contribution in [0.4, 0.5) is 0 Å². The highest BCUT2D eigenvalue weighted by atomic mass is 35.5. The molecule has 16 heavy (non-hydrogen) atoms. The Bertz CT molecular complexity index is 339. The molecule has 2 N–H and O–H groups in total. The Labute approximate surface area is 103 Å². The summed E-state index contributed by atoms with van der Waals surface area (Å²) in [6.07, 6.45) is 3.65. The van der Waals surface area contributed by atoms with E-state index in [1.54, 1.807) is 6.07 Å². The number of hydrogen-bond donors (Lipinski definition) is 2. The minimum Gasteiger partial charge on any atom is -0.507 e. The average molecular weight is 242 g/mol. The van der Waals surface area contributed by atoms with Crippen LogP contribution in [0.2, 0.25) is 5.02 Å². The maximum atomic E-state index is 9.83. The van der Waals surface area contributed by atoms with E-state index in [1.165, 1.54) is 19.3 Å². The van der Waals surface area contributed by atoms with Gasteiger partial charge in [0.25, 0.3) is 0 Å². The summed E-state index contributed by atoms with van der Waals surface area (Å²) in [5, 5.41) is 13.8. The highest BCUT2D eigenvalue weighted by Crippen LogP contribution is 2.26. The summed E-state index contributed by atoms with van der Waals surface area (Å²) in [5.41, 5.74) is 1.71. The molecule has 0 saturated carbocycles. The van der Waals surface area contributed by atoms with Gasteiger partial charge in [-0.3, -0.25) is 0 Å². The van der Waals surface area contributed by atoms with Gasteiger partial charge in [-0.15, -0.1) is 0 Å². The minimum absolute atomic E-state index is 0.354. The van der Waals surface area contributed by atoms with Crippen LogP contribution in [-0.2, 0) is 6.54 Å². The molecule has 0 spiro atoms.